The summed E-state index contributed by atoms with van der Waals surface area (Å²) in [7, 11) is 1.92. The SMILES string of the molecule is Cc1nc(CN2CCN(c3ccc(F)cc3)CC2C)nn1C. The third-order valence-electron chi connectivity index (χ3n) is 4.33. The molecule has 0 N–H and O–H groups in total. The topological polar surface area (TPSA) is 37.2 Å². The van der Waals surface area contributed by atoms with Crippen molar-refractivity contribution in [2.75, 3.05) is 24.5 Å². The first-order valence-electron chi connectivity index (χ1n) is 7.64. The maximum absolute atomic E-state index is 13.0. The second kappa shape index (κ2) is 6.04. The lowest BCUT2D eigenvalue weighted by molar-refractivity contribution is 0.176. The molecule has 5 nitrogen and oxygen atoms in total. The zero-order valence-corrected chi connectivity index (χ0v) is 13.3. The van der Waals surface area contributed by atoms with Gasteiger partial charge in [0.1, 0.15) is 11.6 Å². The lowest BCUT2D eigenvalue weighted by Crippen LogP contribution is -2.51. The van der Waals surface area contributed by atoms with Crippen molar-refractivity contribution in [1.82, 2.24) is 19.7 Å². The number of benzene rings is 1. The van der Waals surface area contributed by atoms with Crippen LogP contribution in [0.2, 0.25) is 0 Å². The van der Waals surface area contributed by atoms with E-state index < -0.39 is 0 Å². The van der Waals surface area contributed by atoms with Crippen LogP contribution in [0.5, 0.6) is 0 Å². The molecule has 0 saturated carbocycles. The number of aryl methyl sites for hydroxylation is 2. The first-order chi connectivity index (χ1) is 10.5. The van der Waals surface area contributed by atoms with Crippen LogP contribution in [0.15, 0.2) is 24.3 Å². The predicted molar refractivity (Wildman–Crippen MR) is 84.2 cm³/mol. The molecule has 0 radical (unpaired) electrons. The molecular weight excluding hydrogens is 281 g/mol. The van der Waals surface area contributed by atoms with Crippen LogP contribution < -0.4 is 4.90 Å². The summed E-state index contributed by atoms with van der Waals surface area (Å²) in [6.07, 6.45) is 0. The minimum absolute atomic E-state index is 0.188. The van der Waals surface area contributed by atoms with Crippen molar-refractivity contribution < 1.29 is 4.39 Å². The molecule has 1 aliphatic rings. The van der Waals surface area contributed by atoms with E-state index in [2.05, 4.69) is 26.8 Å². The molecule has 1 aromatic carbocycles. The van der Waals surface area contributed by atoms with Gasteiger partial charge in [-0.3, -0.25) is 9.58 Å². The van der Waals surface area contributed by atoms with Crippen LogP contribution in [0.1, 0.15) is 18.6 Å². The molecule has 1 aliphatic heterocycles. The molecule has 22 heavy (non-hydrogen) atoms. The molecule has 3 rings (SSSR count). The van der Waals surface area contributed by atoms with Gasteiger partial charge in [-0.1, -0.05) is 0 Å². The molecule has 2 heterocycles. The number of hydrogen-bond acceptors (Lipinski definition) is 4. The van der Waals surface area contributed by atoms with Gasteiger partial charge in [0, 0.05) is 38.4 Å². The summed E-state index contributed by atoms with van der Waals surface area (Å²) in [5.41, 5.74) is 1.08. The zero-order valence-electron chi connectivity index (χ0n) is 13.3. The molecular formula is C16H22FN5. The smallest absolute Gasteiger partial charge is 0.164 e. The Kier molecular flexibility index (Phi) is 4.11. The van der Waals surface area contributed by atoms with Gasteiger partial charge < -0.3 is 4.90 Å². The van der Waals surface area contributed by atoms with Crippen LogP contribution >= 0.6 is 0 Å². The number of nitrogens with zero attached hydrogens (tertiary/aromatic N) is 5. The standard InChI is InChI=1S/C16H22FN5/c1-12-10-22(15-6-4-14(17)5-7-15)9-8-21(12)11-16-18-13(2)20(3)19-16/h4-7,12H,8-11H2,1-3H3. The van der Waals surface area contributed by atoms with Gasteiger partial charge in [0.25, 0.3) is 0 Å². The van der Waals surface area contributed by atoms with E-state index in [0.717, 1.165) is 43.5 Å². The number of rotatable bonds is 3. The van der Waals surface area contributed by atoms with E-state index in [4.69, 9.17) is 0 Å². The van der Waals surface area contributed by atoms with E-state index in [0.29, 0.717) is 6.04 Å². The molecule has 0 aliphatic carbocycles. The van der Waals surface area contributed by atoms with Crippen molar-refractivity contribution in [3.8, 4) is 0 Å². The summed E-state index contributed by atoms with van der Waals surface area (Å²) in [6.45, 7) is 7.77. The van der Waals surface area contributed by atoms with Crippen molar-refractivity contribution in [1.29, 1.82) is 0 Å². The van der Waals surface area contributed by atoms with E-state index >= 15 is 0 Å². The molecule has 1 aromatic heterocycles. The summed E-state index contributed by atoms with van der Waals surface area (Å²) >= 11 is 0. The molecule has 0 amide bonds. The fourth-order valence-corrected chi connectivity index (χ4v) is 2.89. The molecule has 6 heteroatoms. The summed E-state index contributed by atoms with van der Waals surface area (Å²) < 4.78 is 14.8. The van der Waals surface area contributed by atoms with Crippen LogP contribution in [0.25, 0.3) is 0 Å². The Morgan fingerprint density at radius 1 is 1.23 bits per heavy atom. The van der Waals surface area contributed by atoms with Crippen LogP contribution in [0, 0.1) is 12.7 Å². The van der Waals surface area contributed by atoms with Crippen molar-refractivity contribution in [3.05, 3.63) is 41.7 Å². The fraction of sp³-hybridized carbons (Fsp3) is 0.500. The van der Waals surface area contributed by atoms with Crippen molar-refractivity contribution >= 4 is 5.69 Å². The zero-order chi connectivity index (χ0) is 15.7. The molecule has 1 saturated heterocycles. The van der Waals surface area contributed by atoms with Gasteiger partial charge in [-0.15, -0.1) is 0 Å². The van der Waals surface area contributed by atoms with Crippen LogP contribution in [0.4, 0.5) is 10.1 Å². The van der Waals surface area contributed by atoms with E-state index in [9.17, 15) is 4.39 Å². The van der Waals surface area contributed by atoms with E-state index in [1.54, 1.807) is 0 Å². The molecule has 1 atom stereocenters. The van der Waals surface area contributed by atoms with Gasteiger partial charge >= 0.3 is 0 Å². The Bertz CT molecular complexity index is 617. The van der Waals surface area contributed by atoms with Crippen molar-refractivity contribution in [3.63, 3.8) is 0 Å². The van der Waals surface area contributed by atoms with Crippen LogP contribution in [-0.2, 0) is 13.6 Å². The number of aromatic nitrogens is 3. The highest BCUT2D eigenvalue weighted by Crippen LogP contribution is 2.20. The monoisotopic (exact) mass is 303 g/mol. The molecule has 1 fully saturated rings. The molecule has 0 bridgehead atoms. The average molecular weight is 303 g/mol. The Hall–Kier alpha value is -1.95. The lowest BCUT2D eigenvalue weighted by Gasteiger charge is -2.40. The summed E-state index contributed by atoms with van der Waals surface area (Å²) in [6, 6.07) is 7.14. The number of piperazine rings is 1. The number of hydrogen-bond donors (Lipinski definition) is 0. The highest BCUT2D eigenvalue weighted by atomic mass is 19.1. The van der Waals surface area contributed by atoms with Crippen molar-refractivity contribution in [2.45, 2.75) is 26.4 Å². The highest BCUT2D eigenvalue weighted by molar-refractivity contribution is 5.46. The Labute approximate surface area is 130 Å². The van der Waals surface area contributed by atoms with Gasteiger partial charge in [0.2, 0.25) is 0 Å². The van der Waals surface area contributed by atoms with Crippen molar-refractivity contribution in [2.24, 2.45) is 7.05 Å². The molecule has 118 valence electrons. The van der Waals surface area contributed by atoms with Gasteiger partial charge in [-0.05, 0) is 38.1 Å². The maximum Gasteiger partial charge on any atom is 0.164 e. The third-order valence-corrected chi connectivity index (χ3v) is 4.33. The van der Waals surface area contributed by atoms with E-state index in [1.807, 2.05) is 30.8 Å². The van der Waals surface area contributed by atoms with Gasteiger partial charge in [0.05, 0.1) is 6.54 Å². The molecule has 0 spiro atoms. The maximum atomic E-state index is 13.0. The molecule has 2 aromatic rings. The largest absolute Gasteiger partial charge is 0.369 e. The number of anilines is 1. The Morgan fingerprint density at radius 3 is 2.55 bits per heavy atom. The first-order valence-corrected chi connectivity index (χ1v) is 7.64. The molecule has 1 unspecified atom stereocenters. The Balaban J connectivity index is 1.63. The Morgan fingerprint density at radius 2 is 1.95 bits per heavy atom. The summed E-state index contributed by atoms with van der Waals surface area (Å²) in [5, 5.41) is 4.43. The first kappa shape index (κ1) is 15.0. The minimum atomic E-state index is -0.188. The van der Waals surface area contributed by atoms with Gasteiger partial charge in [0.15, 0.2) is 5.82 Å². The predicted octanol–water partition coefficient (Wildman–Crippen LogP) is 1.97. The second-order valence-corrected chi connectivity index (χ2v) is 5.94. The van der Waals surface area contributed by atoms with E-state index in [1.165, 1.54) is 12.1 Å². The highest BCUT2D eigenvalue weighted by Gasteiger charge is 2.25. The van der Waals surface area contributed by atoms with E-state index in [-0.39, 0.29) is 5.82 Å². The van der Waals surface area contributed by atoms with Crippen LogP contribution in [-0.4, -0.2) is 45.3 Å². The number of halogens is 1. The second-order valence-electron chi connectivity index (χ2n) is 5.94. The quantitative estimate of drug-likeness (QED) is 0.869. The fourth-order valence-electron chi connectivity index (χ4n) is 2.89. The normalized spacial score (nSPS) is 19.6. The van der Waals surface area contributed by atoms with Crippen LogP contribution in [0.3, 0.4) is 0 Å². The third kappa shape index (κ3) is 3.11. The minimum Gasteiger partial charge on any atom is -0.369 e. The average Bonchev–Trinajstić information content (AvgIpc) is 2.80. The van der Waals surface area contributed by atoms with Gasteiger partial charge in [-0.25, -0.2) is 9.37 Å². The summed E-state index contributed by atoms with van der Waals surface area (Å²) in [4.78, 5) is 9.18. The lowest BCUT2D eigenvalue weighted by atomic mass is 10.1. The summed E-state index contributed by atoms with van der Waals surface area (Å²) in [5.74, 6) is 1.63. The van der Waals surface area contributed by atoms with Gasteiger partial charge in [-0.2, -0.15) is 5.10 Å².